The predicted molar refractivity (Wildman–Crippen MR) is 110 cm³/mol. The second-order valence-electron chi connectivity index (χ2n) is 6.61. The average molecular weight is 410 g/mol. The van der Waals surface area contributed by atoms with Crippen molar-refractivity contribution in [3.63, 3.8) is 0 Å². The fourth-order valence-corrected chi connectivity index (χ4v) is 4.28. The maximum absolute atomic E-state index is 12.5. The molecule has 0 saturated heterocycles. The van der Waals surface area contributed by atoms with E-state index in [9.17, 15) is 13.2 Å². The average Bonchev–Trinajstić information content (AvgIpc) is 2.62. The summed E-state index contributed by atoms with van der Waals surface area (Å²) in [6.45, 7) is 0. The van der Waals surface area contributed by atoms with Gasteiger partial charge in [0.1, 0.15) is 0 Å². The van der Waals surface area contributed by atoms with Crippen LogP contribution in [0.5, 0.6) is 0 Å². The van der Waals surface area contributed by atoms with E-state index in [4.69, 9.17) is 5.73 Å². The van der Waals surface area contributed by atoms with Crippen LogP contribution in [-0.4, -0.2) is 20.4 Å². The highest BCUT2D eigenvalue weighted by Crippen LogP contribution is 2.25. The number of rotatable bonds is 5. The molecule has 8 heteroatoms. The Morgan fingerprint density at radius 1 is 1.00 bits per heavy atom. The summed E-state index contributed by atoms with van der Waals surface area (Å²) in [5, 5.41) is 2.82. The van der Waals surface area contributed by atoms with E-state index in [0.717, 1.165) is 19.3 Å². The molecule has 2 atom stereocenters. The number of anilines is 2. The molecule has 3 rings (SSSR count). The van der Waals surface area contributed by atoms with Crippen LogP contribution >= 0.6 is 12.4 Å². The third kappa shape index (κ3) is 5.69. The molecule has 1 aliphatic carbocycles. The van der Waals surface area contributed by atoms with Gasteiger partial charge in [0, 0.05) is 23.3 Å². The number of sulfonamides is 1. The number of halogens is 1. The van der Waals surface area contributed by atoms with Crippen LogP contribution in [0.4, 0.5) is 11.4 Å². The molecule has 1 aliphatic rings. The van der Waals surface area contributed by atoms with Crippen LogP contribution in [0.3, 0.4) is 0 Å². The van der Waals surface area contributed by atoms with E-state index in [1.165, 1.54) is 12.1 Å². The van der Waals surface area contributed by atoms with Crippen molar-refractivity contribution in [3.05, 3.63) is 54.6 Å². The molecule has 2 unspecified atom stereocenters. The highest BCUT2D eigenvalue weighted by molar-refractivity contribution is 7.92. The number of carbonyl (C=O) groups excluding carboxylic acids is 1. The molecule has 0 aliphatic heterocycles. The van der Waals surface area contributed by atoms with Crippen molar-refractivity contribution >= 4 is 39.7 Å². The van der Waals surface area contributed by atoms with Gasteiger partial charge in [0.25, 0.3) is 10.0 Å². The lowest BCUT2D eigenvalue weighted by atomic mass is 9.85. The van der Waals surface area contributed by atoms with Gasteiger partial charge in [-0.1, -0.05) is 30.7 Å². The third-order valence-corrected chi connectivity index (χ3v) is 5.90. The van der Waals surface area contributed by atoms with E-state index >= 15 is 0 Å². The fraction of sp³-hybridized carbons (Fsp3) is 0.316. The Balaban J connectivity index is 0.00000261. The first-order valence-corrected chi connectivity index (χ1v) is 10.2. The molecule has 0 radical (unpaired) electrons. The van der Waals surface area contributed by atoms with Gasteiger partial charge < -0.3 is 11.1 Å². The summed E-state index contributed by atoms with van der Waals surface area (Å²) in [5.74, 6) is -0.229. The number of nitrogens with two attached hydrogens (primary N) is 1. The lowest BCUT2D eigenvalue weighted by molar-refractivity contribution is -0.120. The molecule has 2 aromatic carbocycles. The molecule has 1 amide bonds. The smallest absolute Gasteiger partial charge is 0.261 e. The molecule has 0 aromatic heterocycles. The number of carbonyl (C=O) groups is 1. The molecule has 0 spiro atoms. The van der Waals surface area contributed by atoms with Crippen LogP contribution in [0, 0.1) is 5.92 Å². The molecule has 4 N–H and O–H groups in total. The van der Waals surface area contributed by atoms with Gasteiger partial charge in [-0.2, -0.15) is 0 Å². The van der Waals surface area contributed by atoms with Crippen LogP contribution in [0.25, 0.3) is 0 Å². The summed E-state index contributed by atoms with van der Waals surface area (Å²) in [4.78, 5) is 12.5. The Kier molecular flexibility index (Phi) is 7.24. The molecule has 1 saturated carbocycles. The summed E-state index contributed by atoms with van der Waals surface area (Å²) in [6.07, 6.45) is 3.36. The first-order valence-electron chi connectivity index (χ1n) is 8.68. The highest BCUT2D eigenvalue weighted by atomic mass is 35.5. The zero-order chi connectivity index (χ0) is 18.6. The number of amides is 1. The van der Waals surface area contributed by atoms with Crippen molar-refractivity contribution in [1.29, 1.82) is 0 Å². The van der Waals surface area contributed by atoms with Gasteiger partial charge in [0.15, 0.2) is 0 Å². The SMILES string of the molecule is Cl.NC1CCCC(C(=O)Nc2cccc(S(=O)(=O)Nc3ccccc3)c2)C1. The van der Waals surface area contributed by atoms with Crippen LogP contribution in [0.2, 0.25) is 0 Å². The highest BCUT2D eigenvalue weighted by Gasteiger charge is 2.25. The quantitative estimate of drug-likeness (QED) is 0.704. The number of para-hydroxylation sites is 1. The molecule has 27 heavy (non-hydrogen) atoms. The van der Waals surface area contributed by atoms with Gasteiger partial charge in [-0.05, 0) is 49.6 Å². The molecule has 0 heterocycles. The molecule has 6 nitrogen and oxygen atoms in total. The molecule has 1 fully saturated rings. The first-order chi connectivity index (χ1) is 12.4. The standard InChI is InChI=1S/C19H23N3O3S.ClH/c20-15-7-4-6-14(12-15)19(23)21-17-10-5-11-18(13-17)26(24,25)22-16-8-2-1-3-9-16;/h1-3,5,8-11,13-15,22H,4,6-7,12,20H2,(H,21,23);1H. The second-order valence-corrected chi connectivity index (χ2v) is 8.29. The first kappa shape index (κ1) is 21.2. The molecular weight excluding hydrogens is 386 g/mol. The zero-order valence-electron chi connectivity index (χ0n) is 14.8. The molecule has 146 valence electrons. The van der Waals surface area contributed by atoms with Gasteiger partial charge in [0.05, 0.1) is 4.90 Å². The minimum atomic E-state index is -3.73. The van der Waals surface area contributed by atoms with E-state index in [-0.39, 0.29) is 35.2 Å². The van der Waals surface area contributed by atoms with Crippen LogP contribution in [0.1, 0.15) is 25.7 Å². The third-order valence-electron chi connectivity index (χ3n) is 4.52. The summed E-state index contributed by atoms with van der Waals surface area (Å²) < 4.78 is 27.6. The van der Waals surface area contributed by atoms with E-state index in [0.29, 0.717) is 17.8 Å². The fourth-order valence-electron chi connectivity index (χ4n) is 3.17. The van der Waals surface area contributed by atoms with Crippen molar-refractivity contribution in [3.8, 4) is 0 Å². The number of nitrogens with one attached hydrogen (secondary N) is 2. The van der Waals surface area contributed by atoms with Crippen molar-refractivity contribution in [2.75, 3.05) is 10.0 Å². The minimum absolute atomic E-state index is 0. The maximum Gasteiger partial charge on any atom is 0.261 e. The lowest BCUT2D eigenvalue weighted by Gasteiger charge is -2.25. The zero-order valence-corrected chi connectivity index (χ0v) is 16.4. The second kappa shape index (κ2) is 9.21. The van der Waals surface area contributed by atoms with Crippen molar-refractivity contribution in [2.24, 2.45) is 11.7 Å². The van der Waals surface area contributed by atoms with E-state index in [1.54, 1.807) is 36.4 Å². The number of hydrogen-bond donors (Lipinski definition) is 3. The van der Waals surface area contributed by atoms with Gasteiger partial charge >= 0.3 is 0 Å². The molecular formula is C19H24ClN3O3S. The predicted octanol–water partition coefficient (Wildman–Crippen LogP) is 3.37. The topological polar surface area (TPSA) is 101 Å². The largest absolute Gasteiger partial charge is 0.328 e. The summed E-state index contributed by atoms with van der Waals surface area (Å²) >= 11 is 0. The summed E-state index contributed by atoms with van der Waals surface area (Å²) in [7, 11) is -3.73. The Morgan fingerprint density at radius 2 is 1.70 bits per heavy atom. The Bertz CT molecular complexity index is 875. The van der Waals surface area contributed by atoms with Crippen molar-refractivity contribution in [2.45, 2.75) is 36.6 Å². The van der Waals surface area contributed by atoms with Crippen molar-refractivity contribution < 1.29 is 13.2 Å². The molecule has 0 bridgehead atoms. The summed E-state index contributed by atoms with van der Waals surface area (Å²) in [5.41, 5.74) is 6.89. The van der Waals surface area contributed by atoms with Gasteiger partial charge in [-0.3, -0.25) is 9.52 Å². The number of benzene rings is 2. The Morgan fingerprint density at radius 3 is 2.41 bits per heavy atom. The van der Waals surface area contributed by atoms with Crippen LogP contribution < -0.4 is 15.8 Å². The van der Waals surface area contributed by atoms with Crippen molar-refractivity contribution in [1.82, 2.24) is 0 Å². The van der Waals surface area contributed by atoms with Crippen LogP contribution in [-0.2, 0) is 14.8 Å². The van der Waals surface area contributed by atoms with Gasteiger partial charge in [-0.25, -0.2) is 8.42 Å². The normalized spacial score (nSPS) is 19.6. The van der Waals surface area contributed by atoms with E-state index in [2.05, 4.69) is 10.0 Å². The minimum Gasteiger partial charge on any atom is -0.328 e. The van der Waals surface area contributed by atoms with E-state index in [1.807, 2.05) is 6.07 Å². The lowest BCUT2D eigenvalue weighted by Crippen LogP contribution is -2.34. The number of hydrogen-bond acceptors (Lipinski definition) is 4. The monoisotopic (exact) mass is 409 g/mol. The Hall–Kier alpha value is -2.09. The summed E-state index contributed by atoms with van der Waals surface area (Å²) in [6, 6.07) is 15.0. The van der Waals surface area contributed by atoms with E-state index < -0.39 is 10.0 Å². The Labute approximate surface area is 166 Å². The van der Waals surface area contributed by atoms with Crippen LogP contribution in [0.15, 0.2) is 59.5 Å². The van der Waals surface area contributed by atoms with Gasteiger partial charge in [0.2, 0.25) is 5.91 Å². The molecule has 2 aromatic rings. The van der Waals surface area contributed by atoms with Gasteiger partial charge in [-0.15, -0.1) is 12.4 Å². The maximum atomic E-state index is 12.5.